The summed E-state index contributed by atoms with van der Waals surface area (Å²) in [6, 6.07) is 2.24. The minimum absolute atomic E-state index is 0.132. The Kier molecular flexibility index (Phi) is 2.16. The first kappa shape index (κ1) is 8.82. The van der Waals surface area contributed by atoms with E-state index in [1.54, 1.807) is 0 Å². The average molecular weight is 179 g/mol. The van der Waals surface area contributed by atoms with Crippen LogP contribution in [-0.2, 0) is 0 Å². The highest BCUT2D eigenvalue weighted by Crippen LogP contribution is 2.40. The van der Waals surface area contributed by atoms with Gasteiger partial charge in [-0.1, -0.05) is 13.8 Å². The molecule has 2 heteroatoms. The van der Waals surface area contributed by atoms with Crippen molar-refractivity contribution in [2.75, 3.05) is 0 Å². The van der Waals surface area contributed by atoms with Gasteiger partial charge in [0.1, 0.15) is 5.76 Å². The molecule has 0 bridgehead atoms. The van der Waals surface area contributed by atoms with Crippen molar-refractivity contribution in [3.8, 4) is 0 Å². The maximum atomic E-state index is 6.02. The highest BCUT2D eigenvalue weighted by molar-refractivity contribution is 5.19. The zero-order valence-corrected chi connectivity index (χ0v) is 8.29. The average Bonchev–Trinajstić information content (AvgIpc) is 2.81. The van der Waals surface area contributed by atoms with Crippen molar-refractivity contribution in [1.82, 2.24) is 0 Å². The van der Waals surface area contributed by atoms with E-state index >= 15 is 0 Å². The third-order valence-corrected chi connectivity index (χ3v) is 2.77. The van der Waals surface area contributed by atoms with Gasteiger partial charge in [0.25, 0.3) is 0 Å². The molecule has 1 aromatic heterocycles. The Labute approximate surface area is 79.1 Å². The highest BCUT2D eigenvalue weighted by atomic mass is 16.3. The predicted molar refractivity (Wildman–Crippen MR) is 52.4 cm³/mol. The fourth-order valence-corrected chi connectivity index (χ4v) is 1.53. The fourth-order valence-electron chi connectivity index (χ4n) is 1.53. The summed E-state index contributed by atoms with van der Waals surface area (Å²) < 4.78 is 5.46. The summed E-state index contributed by atoms with van der Waals surface area (Å²) >= 11 is 0. The summed E-state index contributed by atoms with van der Waals surface area (Å²) in [5.74, 6) is 2.17. The highest BCUT2D eigenvalue weighted by Gasteiger charge is 2.31. The summed E-state index contributed by atoms with van der Waals surface area (Å²) in [5, 5.41) is 0. The standard InChI is InChI=1S/C11H17NO/c1-7(2)9-5-10(13-6-9)11(12)8-3-4-8/h5-8,11H,3-4,12H2,1-2H3. The molecule has 1 aliphatic rings. The molecule has 0 saturated heterocycles. The largest absolute Gasteiger partial charge is 0.467 e. The van der Waals surface area contributed by atoms with E-state index in [9.17, 15) is 0 Å². The van der Waals surface area contributed by atoms with E-state index in [-0.39, 0.29) is 6.04 Å². The van der Waals surface area contributed by atoms with Crippen LogP contribution < -0.4 is 5.73 Å². The summed E-state index contributed by atoms with van der Waals surface area (Å²) in [4.78, 5) is 0. The molecule has 1 fully saturated rings. The van der Waals surface area contributed by atoms with E-state index in [2.05, 4.69) is 19.9 Å². The van der Waals surface area contributed by atoms with Gasteiger partial charge in [-0.2, -0.15) is 0 Å². The van der Waals surface area contributed by atoms with Gasteiger partial charge < -0.3 is 10.2 Å². The molecule has 0 aromatic carbocycles. The van der Waals surface area contributed by atoms with Crippen LogP contribution in [-0.4, -0.2) is 0 Å². The molecule has 0 aliphatic heterocycles. The zero-order valence-electron chi connectivity index (χ0n) is 8.29. The van der Waals surface area contributed by atoms with Gasteiger partial charge in [-0.05, 0) is 36.3 Å². The summed E-state index contributed by atoms with van der Waals surface area (Å²) in [5.41, 5.74) is 7.28. The third kappa shape index (κ3) is 1.78. The second kappa shape index (κ2) is 3.18. The van der Waals surface area contributed by atoms with Crippen LogP contribution in [0.25, 0.3) is 0 Å². The van der Waals surface area contributed by atoms with Gasteiger partial charge in [-0.3, -0.25) is 0 Å². The Morgan fingerprint density at radius 3 is 2.62 bits per heavy atom. The smallest absolute Gasteiger partial charge is 0.121 e. The first-order valence-electron chi connectivity index (χ1n) is 5.02. The molecule has 0 radical (unpaired) electrons. The normalized spacial score (nSPS) is 19.4. The van der Waals surface area contributed by atoms with Gasteiger partial charge in [0.2, 0.25) is 0 Å². The van der Waals surface area contributed by atoms with E-state index < -0.39 is 0 Å². The van der Waals surface area contributed by atoms with Crippen molar-refractivity contribution in [3.63, 3.8) is 0 Å². The van der Waals surface area contributed by atoms with E-state index in [0.29, 0.717) is 11.8 Å². The SMILES string of the molecule is CC(C)c1coc(C(N)C2CC2)c1. The number of hydrogen-bond acceptors (Lipinski definition) is 2. The van der Waals surface area contributed by atoms with Crippen molar-refractivity contribution >= 4 is 0 Å². The van der Waals surface area contributed by atoms with E-state index in [1.165, 1.54) is 18.4 Å². The number of hydrogen-bond donors (Lipinski definition) is 1. The quantitative estimate of drug-likeness (QED) is 0.775. The van der Waals surface area contributed by atoms with Gasteiger partial charge >= 0.3 is 0 Å². The third-order valence-electron chi connectivity index (χ3n) is 2.77. The molecule has 1 aliphatic carbocycles. The predicted octanol–water partition coefficient (Wildman–Crippen LogP) is 2.81. The molecule has 13 heavy (non-hydrogen) atoms. The van der Waals surface area contributed by atoms with Crippen molar-refractivity contribution in [2.24, 2.45) is 11.7 Å². The minimum atomic E-state index is 0.132. The van der Waals surface area contributed by atoms with E-state index in [0.717, 1.165) is 5.76 Å². The van der Waals surface area contributed by atoms with Crippen molar-refractivity contribution in [1.29, 1.82) is 0 Å². The molecule has 2 rings (SSSR count). The fraction of sp³-hybridized carbons (Fsp3) is 0.636. The molecular weight excluding hydrogens is 162 g/mol. The number of furan rings is 1. The Morgan fingerprint density at radius 2 is 2.15 bits per heavy atom. The Balaban J connectivity index is 2.11. The molecule has 72 valence electrons. The van der Waals surface area contributed by atoms with Gasteiger partial charge in [0.15, 0.2) is 0 Å². The van der Waals surface area contributed by atoms with Gasteiger partial charge in [-0.25, -0.2) is 0 Å². The molecule has 0 amide bonds. The lowest BCUT2D eigenvalue weighted by molar-refractivity contribution is 0.441. The van der Waals surface area contributed by atoms with Crippen LogP contribution >= 0.6 is 0 Å². The van der Waals surface area contributed by atoms with E-state index in [1.807, 2.05) is 6.26 Å². The second-order valence-corrected chi connectivity index (χ2v) is 4.30. The molecular formula is C11H17NO. The minimum Gasteiger partial charge on any atom is -0.467 e. The van der Waals surface area contributed by atoms with Gasteiger partial charge in [-0.15, -0.1) is 0 Å². The van der Waals surface area contributed by atoms with Crippen LogP contribution in [0.1, 0.15) is 50.0 Å². The van der Waals surface area contributed by atoms with Crippen LogP contribution in [0.2, 0.25) is 0 Å². The van der Waals surface area contributed by atoms with Crippen LogP contribution in [0.3, 0.4) is 0 Å². The number of rotatable bonds is 3. The molecule has 1 aromatic rings. The van der Waals surface area contributed by atoms with Gasteiger partial charge in [0.05, 0.1) is 12.3 Å². The van der Waals surface area contributed by atoms with Crippen LogP contribution in [0.5, 0.6) is 0 Å². The molecule has 2 N–H and O–H groups in total. The Hall–Kier alpha value is -0.760. The van der Waals surface area contributed by atoms with Crippen molar-refractivity contribution < 1.29 is 4.42 Å². The summed E-state index contributed by atoms with van der Waals surface area (Å²) in [6.07, 6.45) is 4.36. The molecule has 1 heterocycles. The first-order valence-corrected chi connectivity index (χ1v) is 5.02. The lowest BCUT2D eigenvalue weighted by atomic mass is 10.1. The molecule has 0 spiro atoms. The maximum Gasteiger partial charge on any atom is 0.121 e. The molecule has 1 saturated carbocycles. The van der Waals surface area contributed by atoms with E-state index in [4.69, 9.17) is 10.2 Å². The van der Waals surface area contributed by atoms with Crippen LogP contribution in [0.15, 0.2) is 16.7 Å². The topological polar surface area (TPSA) is 39.2 Å². The lowest BCUT2D eigenvalue weighted by Crippen LogP contribution is -2.11. The van der Waals surface area contributed by atoms with Crippen molar-refractivity contribution in [3.05, 3.63) is 23.7 Å². The summed E-state index contributed by atoms with van der Waals surface area (Å²) in [7, 11) is 0. The molecule has 1 unspecified atom stereocenters. The molecule has 1 atom stereocenters. The van der Waals surface area contributed by atoms with Gasteiger partial charge in [0, 0.05) is 0 Å². The van der Waals surface area contributed by atoms with Crippen LogP contribution in [0, 0.1) is 5.92 Å². The Bertz CT molecular complexity index is 286. The maximum absolute atomic E-state index is 6.02. The second-order valence-electron chi connectivity index (χ2n) is 4.30. The lowest BCUT2D eigenvalue weighted by Gasteiger charge is -2.04. The number of nitrogens with two attached hydrogens (primary N) is 1. The first-order chi connectivity index (χ1) is 6.18. The Morgan fingerprint density at radius 1 is 1.46 bits per heavy atom. The van der Waals surface area contributed by atoms with Crippen LogP contribution in [0.4, 0.5) is 0 Å². The zero-order chi connectivity index (χ0) is 9.42. The monoisotopic (exact) mass is 179 g/mol. The molecule has 2 nitrogen and oxygen atoms in total. The summed E-state index contributed by atoms with van der Waals surface area (Å²) in [6.45, 7) is 4.33. The van der Waals surface area contributed by atoms with Crippen molar-refractivity contribution in [2.45, 2.75) is 38.6 Å².